The Morgan fingerprint density at radius 2 is 2.25 bits per heavy atom. The number of aryl methyl sites for hydroxylation is 1. The van der Waals surface area contributed by atoms with Crippen LogP contribution in [0.2, 0.25) is 0 Å². The molecule has 0 spiro atoms. The van der Waals surface area contributed by atoms with E-state index in [1.54, 1.807) is 13.1 Å². The standard InChI is InChI=1S/C13H15NO2/c1-3-9-4-5-13-11(6-9)12(15)7-10(14-2)8-16-13/h4-7,14H,3,8H2,1-2H3. The largest absolute Gasteiger partial charge is 0.487 e. The van der Waals surface area contributed by atoms with E-state index in [1.807, 2.05) is 18.2 Å². The van der Waals surface area contributed by atoms with Gasteiger partial charge in [-0.2, -0.15) is 0 Å². The Balaban J connectivity index is 2.43. The second-order valence-corrected chi connectivity index (χ2v) is 3.76. The van der Waals surface area contributed by atoms with E-state index in [0.717, 1.165) is 17.7 Å². The molecule has 0 aliphatic carbocycles. The van der Waals surface area contributed by atoms with Crippen molar-refractivity contribution in [1.29, 1.82) is 0 Å². The van der Waals surface area contributed by atoms with Gasteiger partial charge < -0.3 is 10.1 Å². The Kier molecular flexibility index (Phi) is 2.95. The van der Waals surface area contributed by atoms with E-state index in [9.17, 15) is 4.79 Å². The maximum absolute atomic E-state index is 11.9. The van der Waals surface area contributed by atoms with Gasteiger partial charge in [-0.1, -0.05) is 13.0 Å². The molecule has 16 heavy (non-hydrogen) atoms. The Labute approximate surface area is 95.1 Å². The molecule has 1 N–H and O–H groups in total. The molecule has 0 atom stereocenters. The van der Waals surface area contributed by atoms with Gasteiger partial charge in [0.15, 0.2) is 5.78 Å². The summed E-state index contributed by atoms with van der Waals surface area (Å²) in [7, 11) is 1.79. The molecule has 0 saturated carbocycles. The molecule has 3 heteroatoms. The summed E-state index contributed by atoms with van der Waals surface area (Å²) < 4.78 is 5.57. The van der Waals surface area contributed by atoms with Crippen LogP contribution in [0.4, 0.5) is 0 Å². The van der Waals surface area contributed by atoms with Crippen molar-refractivity contribution >= 4 is 5.78 Å². The average Bonchev–Trinajstić information content (AvgIpc) is 2.48. The lowest BCUT2D eigenvalue weighted by atomic mass is 10.0. The molecule has 0 aromatic heterocycles. The predicted octanol–water partition coefficient (Wildman–Crippen LogP) is 1.93. The molecule has 0 amide bonds. The van der Waals surface area contributed by atoms with Crippen molar-refractivity contribution in [2.24, 2.45) is 0 Å². The fourth-order valence-corrected chi connectivity index (χ4v) is 1.69. The van der Waals surface area contributed by atoms with Crippen LogP contribution >= 0.6 is 0 Å². The van der Waals surface area contributed by atoms with Gasteiger partial charge in [-0.15, -0.1) is 0 Å². The van der Waals surface area contributed by atoms with Crippen LogP contribution in [0.3, 0.4) is 0 Å². The van der Waals surface area contributed by atoms with Gasteiger partial charge in [-0.05, 0) is 24.1 Å². The summed E-state index contributed by atoms with van der Waals surface area (Å²) >= 11 is 0. The van der Waals surface area contributed by atoms with E-state index in [0.29, 0.717) is 17.9 Å². The van der Waals surface area contributed by atoms with Gasteiger partial charge in [0.2, 0.25) is 0 Å². The number of hydrogen-bond acceptors (Lipinski definition) is 3. The molecule has 0 unspecified atom stereocenters. The van der Waals surface area contributed by atoms with Gasteiger partial charge in [0.25, 0.3) is 0 Å². The lowest BCUT2D eigenvalue weighted by molar-refractivity contribution is 0.104. The molecule has 0 fully saturated rings. The number of ketones is 1. The molecular weight excluding hydrogens is 202 g/mol. The number of ether oxygens (including phenoxy) is 1. The summed E-state index contributed by atoms with van der Waals surface area (Å²) in [5, 5.41) is 2.95. The Morgan fingerprint density at radius 1 is 1.44 bits per heavy atom. The number of carbonyl (C=O) groups is 1. The average molecular weight is 217 g/mol. The third kappa shape index (κ3) is 1.94. The van der Waals surface area contributed by atoms with Crippen LogP contribution in [0.5, 0.6) is 5.75 Å². The molecule has 1 heterocycles. The summed E-state index contributed by atoms with van der Waals surface area (Å²) in [6.07, 6.45) is 2.52. The first-order chi connectivity index (χ1) is 7.74. The summed E-state index contributed by atoms with van der Waals surface area (Å²) in [5.41, 5.74) is 2.61. The number of nitrogens with one attached hydrogen (secondary N) is 1. The molecule has 0 bridgehead atoms. The highest BCUT2D eigenvalue weighted by molar-refractivity contribution is 6.07. The zero-order chi connectivity index (χ0) is 11.5. The zero-order valence-electron chi connectivity index (χ0n) is 9.54. The van der Waals surface area contributed by atoms with E-state index in [4.69, 9.17) is 4.74 Å². The van der Waals surface area contributed by atoms with Crippen molar-refractivity contribution in [2.45, 2.75) is 13.3 Å². The number of hydrogen-bond donors (Lipinski definition) is 1. The van der Waals surface area contributed by atoms with Gasteiger partial charge in [0.05, 0.1) is 11.3 Å². The van der Waals surface area contributed by atoms with Gasteiger partial charge in [-0.25, -0.2) is 0 Å². The highest BCUT2D eigenvalue weighted by Crippen LogP contribution is 2.24. The third-order valence-corrected chi connectivity index (χ3v) is 2.73. The van der Waals surface area contributed by atoms with Crippen molar-refractivity contribution in [3.63, 3.8) is 0 Å². The first kappa shape index (κ1) is 10.7. The van der Waals surface area contributed by atoms with Crippen LogP contribution in [0.25, 0.3) is 0 Å². The normalized spacial score (nSPS) is 14.6. The highest BCUT2D eigenvalue weighted by Gasteiger charge is 2.16. The summed E-state index contributed by atoms with van der Waals surface area (Å²) in [6, 6.07) is 5.78. The van der Waals surface area contributed by atoms with Crippen molar-refractivity contribution in [3.05, 3.63) is 41.1 Å². The number of allylic oxidation sites excluding steroid dienone is 1. The van der Waals surface area contributed by atoms with Crippen LogP contribution < -0.4 is 10.1 Å². The number of carbonyl (C=O) groups excluding carboxylic acids is 1. The second kappa shape index (κ2) is 4.39. The van der Waals surface area contributed by atoms with Crippen LogP contribution in [-0.4, -0.2) is 19.4 Å². The van der Waals surface area contributed by atoms with Gasteiger partial charge in [0.1, 0.15) is 12.4 Å². The quantitative estimate of drug-likeness (QED) is 0.822. The monoisotopic (exact) mass is 217 g/mol. The Morgan fingerprint density at radius 3 is 2.94 bits per heavy atom. The Hall–Kier alpha value is -1.77. The van der Waals surface area contributed by atoms with Crippen molar-refractivity contribution in [3.8, 4) is 5.75 Å². The van der Waals surface area contributed by atoms with Crippen molar-refractivity contribution < 1.29 is 9.53 Å². The predicted molar refractivity (Wildman–Crippen MR) is 62.8 cm³/mol. The number of likely N-dealkylation sites (N-methyl/N-ethyl adjacent to an activating group) is 1. The fraction of sp³-hybridized carbons (Fsp3) is 0.308. The molecule has 1 aromatic rings. The van der Waals surface area contributed by atoms with Crippen LogP contribution in [0.1, 0.15) is 22.8 Å². The molecule has 84 valence electrons. The van der Waals surface area contributed by atoms with E-state index in [-0.39, 0.29) is 5.78 Å². The first-order valence-electron chi connectivity index (χ1n) is 5.43. The van der Waals surface area contributed by atoms with E-state index in [1.165, 1.54) is 0 Å². The lowest BCUT2D eigenvalue weighted by Gasteiger charge is -2.08. The van der Waals surface area contributed by atoms with Crippen LogP contribution in [0, 0.1) is 0 Å². The summed E-state index contributed by atoms with van der Waals surface area (Å²) in [6.45, 7) is 2.49. The van der Waals surface area contributed by atoms with Crippen molar-refractivity contribution in [1.82, 2.24) is 5.32 Å². The maximum atomic E-state index is 11.9. The number of fused-ring (bicyclic) bond motifs is 1. The molecule has 2 rings (SSSR count). The molecular formula is C13H15NO2. The van der Waals surface area contributed by atoms with E-state index < -0.39 is 0 Å². The molecule has 1 aliphatic rings. The molecule has 0 saturated heterocycles. The Bertz CT molecular complexity index is 449. The number of benzene rings is 1. The minimum Gasteiger partial charge on any atom is -0.487 e. The zero-order valence-corrected chi connectivity index (χ0v) is 9.54. The van der Waals surface area contributed by atoms with E-state index in [2.05, 4.69) is 12.2 Å². The minimum atomic E-state index is 0.00662. The smallest absolute Gasteiger partial charge is 0.191 e. The molecule has 1 aliphatic heterocycles. The first-order valence-corrected chi connectivity index (χ1v) is 5.43. The molecule has 3 nitrogen and oxygen atoms in total. The van der Waals surface area contributed by atoms with Gasteiger partial charge >= 0.3 is 0 Å². The topological polar surface area (TPSA) is 38.3 Å². The molecule has 1 aromatic carbocycles. The second-order valence-electron chi connectivity index (χ2n) is 3.76. The summed E-state index contributed by atoms with van der Waals surface area (Å²) in [5.74, 6) is 0.677. The molecule has 0 radical (unpaired) electrons. The van der Waals surface area contributed by atoms with Gasteiger partial charge in [-0.3, -0.25) is 4.79 Å². The van der Waals surface area contributed by atoms with Crippen LogP contribution in [0.15, 0.2) is 30.0 Å². The van der Waals surface area contributed by atoms with E-state index >= 15 is 0 Å². The van der Waals surface area contributed by atoms with Crippen LogP contribution in [-0.2, 0) is 6.42 Å². The lowest BCUT2D eigenvalue weighted by Crippen LogP contribution is -2.13. The highest BCUT2D eigenvalue weighted by atomic mass is 16.5. The fourth-order valence-electron chi connectivity index (χ4n) is 1.69. The minimum absolute atomic E-state index is 0.00662. The SMILES string of the molecule is CCc1ccc2c(c1)C(=O)C=C(NC)CO2. The number of rotatable bonds is 2. The third-order valence-electron chi connectivity index (χ3n) is 2.73. The maximum Gasteiger partial charge on any atom is 0.191 e. The summed E-state index contributed by atoms with van der Waals surface area (Å²) in [4.78, 5) is 11.9. The van der Waals surface area contributed by atoms with Gasteiger partial charge in [0, 0.05) is 13.1 Å². The van der Waals surface area contributed by atoms with Crippen molar-refractivity contribution in [2.75, 3.05) is 13.7 Å².